The van der Waals surface area contributed by atoms with Crippen LogP contribution in [0.15, 0.2) is 42.9 Å². The van der Waals surface area contributed by atoms with Gasteiger partial charge >= 0.3 is 0 Å². The molecule has 2 aliphatic rings. The molecular weight excluding hydrogens is 426 g/mol. The second-order valence-corrected chi connectivity index (χ2v) is 8.71. The molecule has 4 aromatic rings. The number of aromatic nitrogens is 6. The molecule has 10 heteroatoms. The van der Waals surface area contributed by atoms with Crippen LogP contribution in [0.2, 0.25) is 0 Å². The van der Waals surface area contributed by atoms with Gasteiger partial charge in [0.2, 0.25) is 0 Å². The number of nitrogens with one attached hydrogen (secondary N) is 1. The summed E-state index contributed by atoms with van der Waals surface area (Å²) in [4.78, 5) is 6.90. The maximum atomic E-state index is 14.5. The molecule has 2 fully saturated rings. The second kappa shape index (κ2) is 8.18. The molecular formula is C23H24F2N8. The zero-order chi connectivity index (χ0) is 22.4. The molecule has 5 heterocycles. The van der Waals surface area contributed by atoms with Gasteiger partial charge in [-0.05, 0) is 56.5 Å². The van der Waals surface area contributed by atoms with E-state index in [1.165, 1.54) is 12.1 Å². The minimum Gasteiger partial charge on any atom is -0.349 e. The maximum Gasteiger partial charge on any atom is 0.166 e. The average molecular weight is 450 g/mol. The predicted molar refractivity (Wildman–Crippen MR) is 119 cm³/mol. The number of anilines is 1. The van der Waals surface area contributed by atoms with Crippen molar-refractivity contribution >= 4 is 11.5 Å². The van der Waals surface area contributed by atoms with Crippen LogP contribution in [0.1, 0.15) is 43.3 Å². The first-order valence-electron chi connectivity index (χ1n) is 11.4. The monoisotopic (exact) mass is 450 g/mol. The number of piperidine rings is 1. The summed E-state index contributed by atoms with van der Waals surface area (Å²) in [6.07, 6.45) is 9.34. The molecule has 170 valence electrons. The van der Waals surface area contributed by atoms with Crippen molar-refractivity contribution < 1.29 is 8.78 Å². The largest absolute Gasteiger partial charge is 0.349 e. The number of hydrogen-bond donors (Lipinski definition) is 1. The third kappa shape index (κ3) is 3.64. The summed E-state index contributed by atoms with van der Waals surface area (Å²) < 4.78 is 32.0. The van der Waals surface area contributed by atoms with Crippen LogP contribution in [0.3, 0.4) is 0 Å². The zero-order valence-electron chi connectivity index (χ0n) is 18.0. The first-order valence-corrected chi connectivity index (χ1v) is 11.4. The summed E-state index contributed by atoms with van der Waals surface area (Å²) in [5.41, 5.74) is 2.53. The van der Waals surface area contributed by atoms with Gasteiger partial charge in [-0.1, -0.05) is 5.21 Å². The van der Waals surface area contributed by atoms with Crippen LogP contribution >= 0.6 is 0 Å². The second-order valence-electron chi connectivity index (χ2n) is 8.71. The van der Waals surface area contributed by atoms with Crippen molar-refractivity contribution in [1.82, 2.24) is 34.9 Å². The highest BCUT2D eigenvalue weighted by molar-refractivity contribution is 5.74. The summed E-state index contributed by atoms with van der Waals surface area (Å²) in [6.45, 7) is 2.64. The molecule has 6 rings (SSSR count). The number of benzene rings is 1. The Labute approximate surface area is 189 Å². The lowest BCUT2D eigenvalue weighted by molar-refractivity contribution is 0.341. The summed E-state index contributed by atoms with van der Waals surface area (Å²) in [5.74, 6) is -0.122. The van der Waals surface area contributed by atoms with Gasteiger partial charge in [0.25, 0.3) is 0 Å². The molecule has 2 atom stereocenters. The van der Waals surface area contributed by atoms with Crippen LogP contribution in [0.25, 0.3) is 16.9 Å². The number of rotatable bonds is 4. The molecule has 2 unspecified atom stereocenters. The summed E-state index contributed by atoms with van der Waals surface area (Å²) in [7, 11) is 0. The first kappa shape index (κ1) is 20.2. The highest BCUT2D eigenvalue weighted by Gasteiger charge is 2.30. The highest BCUT2D eigenvalue weighted by atomic mass is 19.1. The van der Waals surface area contributed by atoms with E-state index in [0.29, 0.717) is 17.0 Å². The van der Waals surface area contributed by atoms with Crippen LogP contribution < -0.4 is 10.2 Å². The lowest BCUT2D eigenvalue weighted by atomic mass is 10.0. The minimum absolute atomic E-state index is 0.262. The van der Waals surface area contributed by atoms with Crippen LogP contribution in [0.4, 0.5) is 14.6 Å². The smallest absolute Gasteiger partial charge is 0.166 e. The van der Waals surface area contributed by atoms with E-state index in [4.69, 9.17) is 4.98 Å². The highest BCUT2D eigenvalue weighted by Crippen LogP contribution is 2.37. The molecule has 8 nitrogen and oxygen atoms in total. The molecule has 0 radical (unpaired) electrons. The van der Waals surface area contributed by atoms with Crippen molar-refractivity contribution in [2.24, 2.45) is 0 Å². The Morgan fingerprint density at radius 2 is 2.03 bits per heavy atom. The van der Waals surface area contributed by atoms with E-state index in [0.717, 1.165) is 62.6 Å². The maximum absolute atomic E-state index is 14.5. The summed E-state index contributed by atoms with van der Waals surface area (Å²) >= 11 is 0. The van der Waals surface area contributed by atoms with E-state index in [1.807, 2.05) is 28.0 Å². The van der Waals surface area contributed by atoms with E-state index in [1.54, 1.807) is 10.7 Å². The van der Waals surface area contributed by atoms with E-state index in [9.17, 15) is 8.78 Å². The molecule has 0 saturated carbocycles. The Morgan fingerprint density at radius 1 is 1.09 bits per heavy atom. The van der Waals surface area contributed by atoms with E-state index < -0.39 is 11.6 Å². The first-order chi connectivity index (χ1) is 16.2. The normalized spacial score (nSPS) is 21.2. The van der Waals surface area contributed by atoms with Crippen LogP contribution in [-0.2, 0) is 0 Å². The fraction of sp³-hybridized carbons (Fsp3) is 0.391. The lowest BCUT2D eigenvalue weighted by Gasteiger charge is -2.26. The molecule has 1 N–H and O–H groups in total. The van der Waals surface area contributed by atoms with Gasteiger partial charge in [-0.25, -0.2) is 23.0 Å². The molecule has 33 heavy (non-hydrogen) atoms. The van der Waals surface area contributed by atoms with Crippen molar-refractivity contribution in [2.75, 3.05) is 24.5 Å². The SMILES string of the molecule is Fc1ccc(F)c(C2CCCN2c2ccn3ncc(-c4cn(C5CCCNC5)nn4)c3n2)c1. The molecule has 0 spiro atoms. The molecule has 0 aliphatic carbocycles. The third-order valence-electron chi connectivity index (χ3n) is 6.65. The van der Waals surface area contributed by atoms with Gasteiger partial charge in [-0.3, -0.25) is 0 Å². The van der Waals surface area contributed by atoms with Crippen molar-refractivity contribution in [2.45, 2.75) is 37.8 Å². The summed E-state index contributed by atoms with van der Waals surface area (Å²) in [5, 5.41) is 16.6. The average Bonchev–Trinajstić information content (AvgIpc) is 3.60. The fourth-order valence-corrected chi connectivity index (χ4v) is 4.97. The molecule has 2 aliphatic heterocycles. The lowest BCUT2D eigenvalue weighted by Crippen LogP contribution is -2.31. The van der Waals surface area contributed by atoms with E-state index in [2.05, 4.69) is 20.7 Å². The fourth-order valence-electron chi connectivity index (χ4n) is 4.97. The van der Waals surface area contributed by atoms with Crippen molar-refractivity contribution in [3.05, 3.63) is 60.1 Å². The molecule has 2 saturated heterocycles. The van der Waals surface area contributed by atoms with Crippen molar-refractivity contribution in [1.29, 1.82) is 0 Å². The number of fused-ring (bicyclic) bond motifs is 1. The van der Waals surface area contributed by atoms with Gasteiger partial charge in [0, 0.05) is 24.8 Å². The predicted octanol–water partition coefficient (Wildman–Crippen LogP) is 3.53. The summed E-state index contributed by atoms with van der Waals surface area (Å²) in [6, 6.07) is 5.53. The Kier molecular flexibility index (Phi) is 5.01. The van der Waals surface area contributed by atoms with Crippen molar-refractivity contribution in [3.63, 3.8) is 0 Å². The Bertz CT molecular complexity index is 1290. The molecule has 1 aromatic carbocycles. The van der Waals surface area contributed by atoms with Gasteiger partial charge in [0.15, 0.2) is 5.65 Å². The minimum atomic E-state index is -0.434. The molecule has 0 bridgehead atoms. The van der Waals surface area contributed by atoms with Gasteiger partial charge in [-0.2, -0.15) is 5.10 Å². The van der Waals surface area contributed by atoms with E-state index >= 15 is 0 Å². The van der Waals surface area contributed by atoms with Gasteiger partial charge in [0.05, 0.1) is 30.0 Å². The van der Waals surface area contributed by atoms with Crippen molar-refractivity contribution in [3.8, 4) is 11.3 Å². The van der Waals surface area contributed by atoms with E-state index in [-0.39, 0.29) is 12.1 Å². The van der Waals surface area contributed by atoms with Crippen LogP contribution in [-0.4, -0.2) is 49.2 Å². The molecule has 3 aromatic heterocycles. The zero-order valence-corrected chi connectivity index (χ0v) is 18.0. The quantitative estimate of drug-likeness (QED) is 0.513. The van der Waals surface area contributed by atoms with Crippen LogP contribution in [0.5, 0.6) is 0 Å². The van der Waals surface area contributed by atoms with Gasteiger partial charge in [0.1, 0.15) is 23.1 Å². The Morgan fingerprint density at radius 3 is 2.91 bits per heavy atom. The standard InChI is InChI=1S/C23H24F2N8/c24-15-5-6-19(25)17(11-15)21-4-2-9-31(21)22-7-10-32-23(28-22)18(13-27-32)20-14-33(30-29-20)16-3-1-8-26-12-16/h5-7,10-11,13-14,16,21,26H,1-4,8-9,12H2. The number of halogens is 2. The Hall–Kier alpha value is -3.40. The van der Waals surface area contributed by atoms with Gasteiger partial charge in [-0.15, -0.1) is 5.10 Å². The number of hydrogen-bond acceptors (Lipinski definition) is 6. The Balaban J connectivity index is 1.34. The van der Waals surface area contributed by atoms with Crippen LogP contribution in [0, 0.1) is 11.6 Å². The number of nitrogens with zero attached hydrogens (tertiary/aromatic N) is 7. The molecule has 0 amide bonds. The topological polar surface area (TPSA) is 76.2 Å². The third-order valence-corrected chi connectivity index (χ3v) is 6.65. The van der Waals surface area contributed by atoms with Gasteiger partial charge < -0.3 is 10.2 Å².